The first-order chi connectivity index (χ1) is 12.8. The Bertz CT molecular complexity index is 384. The molecule has 0 saturated carbocycles. The summed E-state index contributed by atoms with van der Waals surface area (Å²) < 4.78 is 0. The lowest BCUT2D eigenvalue weighted by Crippen LogP contribution is -2.46. The topological polar surface area (TPSA) is 111 Å². The fourth-order valence-corrected chi connectivity index (χ4v) is 3.34. The van der Waals surface area contributed by atoms with Crippen LogP contribution >= 0.6 is 21.6 Å². The van der Waals surface area contributed by atoms with Crippen molar-refractivity contribution in [3.63, 3.8) is 0 Å². The summed E-state index contributed by atoms with van der Waals surface area (Å²) in [4.78, 5) is 23.3. The predicted octanol–water partition coefficient (Wildman–Crippen LogP) is 1.40. The Morgan fingerprint density at radius 1 is 1.00 bits per heavy atom. The molecule has 0 saturated heterocycles. The quantitative estimate of drug-likeness (QED) is 0.211. The Morgan fingerprint density at radius 2 is 1.56 bits per heavy atom. The van der Waals surface area contributed by atoms with Crippen molar-refractivity contribution in [3.8, 4) is 0 Å². The molecule has 0 aliphatic carbocycles. The summed E-state index contributed by atoms with van der Waals surface area (Å²) in [5.41, 5.74) is -0.908. The van der Waals surface area contributed by atoms with E-state index in [9.17, 15) is 14.7 Å². The van der Waals surface area contributed by atoms with E-state index in [0.717, 1.165) is 18.1 Å². The molecule has 0 radical (unpaired) electrons. The van der Waals surface area contributed by atoms with Gasteiger partial charge in [0.25, 0.3) is 0 Å². The number of carbonyl (C=O) groups excluding carboxylic acids is 2. The van der Waals surface area contributed by atoms with E-state index in [1.165, 1.54) is 12.8 Å². The van der Waals surface area contributed by atoms with Crippen LogP contribution in [0.25, 0.3) is 0 Å². The first kappa shape index (κ1) is 28.7. The van der Waals surface area contributed by atoms with E-state index in [4.69, 9.17) is 5.11 Å². The third kappa shape index (κ3) is 17.4. The Kier molecular flexibility index (Phi) is 20.1. The average molecular weight is 426 g/mol. The minimum atomic E-state index is -1.30. The average Bonchev–Trinajstić information content (AvgIpc) is 2.66. The number of aliphatic hydroxyl groups is 2. The standard InChI is InChI=1S/C14H29N3O4S2.C4H10/c1-14(2,10-18)12(20)13(21)17-5-4-11(19)16-7-9-23-22-8-6-15-3;1-3-4-2/h12,15,18,20H,4-10H2,1-3H3,(H,16,19)(H,17,21);3-4H2,1-2H3/t12-;/m0./s1. The van der Waals surface area contributed by atoms with Crippen molar-refractivity contribution in [2.45, 2.75) is 53.1 Å². The highest BCUT2D eigenvalue weighted by molar-refractivity contribution is 8.76. The van der Waals surface area contributed by atoms with Crippen LogP contribution in [0.4, 0.5) is 0 Å². The molecule has 0 rings (SSSR count). The number of amides is 2. The van der Waals surface area contributed by atoms with Crippen molar-refractivity contribution in [2.75, 3.05) is 44.8 Å². The minimum Gasteiger partial charge on any atom is -0.396 e. The summed E-state index contributed by atoms with van der Waals surface area (Å²) >= 11 is 0. The van der Waals surface area contributed by atoms with Gasteiger partial charge in [-0.25, -0.2) is 0 Å². The third-order valence-corrected chi connectivity index (χ3v) is 5.98. The number of hydrogen-bond donors (Lipinski definition) is 5. The van der Waals surface area contributed by atoms with Gasteiger partial charge in [0.1, 0.15) is 6.10 Å². The molecular weight excluding hydrogens is 386 g/mol. The van der Waals surface area contributed by atoms with Gasteiger partial charge in [0.05, 0.1) is 6.61 Å². The third-order valence-electron chi connectivity index (χ3n) is 3.57. The summed E-state index contributed by atoms with van der Waals surface area (Å²) in [5.74, 6) is 1.14. The van der Waals surface area contributed by atoms with Gasteiger partial charge >= 0.3 is 0 Å². The molecule has 0 aliphatic rings. The van der Waals surface area contributed by atoms with E-state index in [2.05, 4.69) is 29.8 Å². The largest absolute Gasteiger partial charge is 0.396 e. The molecule has 7 nitrogen and oxygen atoms in total. The van der Waals surface area contributed by atoms with Crippen molar-refractivity contribution in [2.24, 2.45) is 5.41 Å². The second-order valence-electron chi connectivity index (χ2n) is 6.69. The number of carbonyl (C=O) groups is 2. The zero-order valence-corrected chi connectivity index (χ0v) is 19.1. The van der Waals surface area contributed by atoms with Crippen molar-refractivity contribution < 1.29 is 19.8 Å². The Balaban J connectivity index is 0. The van der Waals surface area contributed by atoms with Crippen LogP contribution in [0.1, 0.15) is 47.0 Å². The second-order valence-corrected chi connectivity index (χ2v) is 9.39. The monoisotopic (exact) mass is 425 g/mol. The van der Waals surface area contributed by atoms with Crippen molar-refractivity contribution in [1.82, 2.24) is 16.0 Å². The molecule has 0 bridgehead atoms. The zero-order valence-electron chi connectivity index (χ0n) is 17.5. The maximum atomic E-state index is 11.7. The summed E-state index contributed by atoms with van der Waals surface area (Å²) in [6.45, 7) is 8.96. The lowest BCUT2D eigenvalue weighted by atomic mass is 9.87. The number of nitrogens with one attached hydrogen (secondary N) is 3. The van der Waals surface area contributed by atoms with E-state index in [1.807, 2.05) is 7.05 Å². The molecule has 0 spiro atoms. The summed E-state index contributed by atoms with van der Waals surface area (Å²) in [7, 11) is 5.38. The highest BCUT2D eigenvalue weighted by Gasteiger charge is 2.32. The molecule has 0 fully saturated rings. The van der Waals surface area contributed by atoms with Gasteiger partial charge in [0.2, 0.25) is 11.8 Å². The van der Waals surface area contributed by atoms with E-state index in [1.54, 1.807) is 35.4 Å². The van der Waals surface area contributed by atoms with E-state index < -0.39 is 17.4 Å². The lowest BCUT2D eigenvalue weighted by molar-refractivity contribution is -0.137. The summed E-state index contributed by atoms with van der Waals surface area (Å²) in [6, 6.07) is 0. The maximum Gasteiger partial charge on any atom is 0.249 e. The van der Waals surface area contributed by atoms with Crippen LogP contribution in [-0.4, -0.2) is 72.9 Å². The van der Waals surface area contributed by atoms with Crippen LogP contribution < -0.4 is 16.0 Å². The molecule has 1 atom stereocenters. The van der Waals surface area contributed by atoms with E-state index in [0.29, 0.717) is 6.54 Å². The first-order valence-electron chi connectivity index (χ1n) is 9.49. The Morgan fingerprint density at radius 3 is 2.04 bits per heavy atom. The van der Waals surface area contributed by atoms with E-state index in [-0.39, 0.29) is 25.5 Å². The molecule has 0 aromatic heterocycles. The molecule has 5 N–H and O–H groups in total. The molecule has 0 aromatic rings. The molecule has 9 heteroatoms. The summed E-state index contributed by atoms with van der Waals surface area (Å²) in [5, 5.41) is 27.2. The van der Waals surface area contributed by atoms with Crippen LogP contribution in [0.3, 0.4) is 0 Å². The fourth-order valence-electron chi connectivity index (χ4n) is 1.42. The van der Waals surface area contributed by atoms with Crippen LogP contribution in [0, 0.1) is 5.41 Å². The predicted molar refractivity (Wildman–Crippen MR) is 117 cm³/mol. The van der Waals surface area contributed by atoms with Gasteiger partial charge in [-0.05, 0) is 7.05 Å². The first-order valence-corrected chi connectivity index (χ1v) is 12.0. The van der Waals surface area contributed by atoms with Gasteiger partial charge in [-0.1, -0.05) is 62.1 Å². The number of unbranched alkanes of at least 4 members (excludes halogenated alkanes) is 1. The maximum absolute atomic E-state index is 11.7. The van der Waals surface area contributed by atoms with Gasteiger partial charge in [-0.15, -0.1) is 0 Å². The molecule has 2 amide bonds. The Hall–Kier alpha value is -0.480. The van der Waals surface area contributed by atoms with Gasteiger partial charge in [-0.2, -0.15) is 0 Å². The molecule has 0 heterocycles. The van der Waals surface area contributed by atoms with Gasteiger partial charge in [-0.3, -0.25) is 9.59 Å². The van der Waals surface area contributed by atoms with Crippen LogP contribution in [0.5, 0.6) is 0 Å². The highest BCUT2D eigenvalue weighted by Crippen LogP contribution is 2.20. The lowest BCUT2D eigenvalue weighted by Gasteiger charge is -2.27. The van der Waals surface area contributed by atoms with Crippen molar-refractivity contribution >= 4 is 33.4 Å². The zero-order chi connectivity index (χ0) is 21.1. The van der Waals surface area contributed by atoms with Gasteiger partial charge in [0.15, 0.2) is 0 Å². The second kappa shape index (κ2) is 18.9. The van der Waals surface area contributed by atoms with Gasteiger partial charge < -0.3 is 26.2 Å². The SMILES string of the molecule is CCCC.CNCCSSCCNC(=O)CCNC(=O)[C@H](O)C(C)(C)CO. The minimum absolute atomic E-state index is 0.137. The number of aliphatic hydroxyl groups excluding tert-OH is 2. The number of hydrogen-bond acceptors (Lipinski definition) is 7. The van der Waals surface area contributed by atoms with E-state index >= 15 is 0 Å². The van der Waals surface area contributed by atoms with Gasteiger partial charge in [0, 0.05) is 43.0 Å². The molecule has 0 aromatic carbocycles. The number of rotatable bonds is 14. The van der Waals surface area contributed by atoms with Crippen LogP contribution in [-0.2, 0) is 9.59 Å². The Labute approximate surface area is 172 Å². The molecule has 0 unspecified atom stereocenters. The van der Waals surface area contributed by atoms with Crippen molar-refractivity contribution in [3.05, 3.63) is 0 Å². The highest BCUT2D eigenvalue weighted by atomic mass is 33.1. The molecule has 0 aliphatic heterocycles. The summed E-state index contributed by atoms with van der Waals surface area (Å²) in [6.07, 6.45) is 1.50. The van der Waals surface area contributed by atoms with Crippen molar-refractivity contribution in [1.29, 1.82) is 0 Å². The normalized spacial score (nSPS) is 12.0. The molecular formula is C18H39N3O4S2. The van der Waals surface area contributed by atoms with Crippen LogP contribution in [0.15, 0.2) is 0 Å². The smallest absolute Gasteiger partial charge is 0.249 e. The molecule has 162 valence electrons. The molecule has 27 heavy (non-hydrogen) atoms. The fraction of sp³-hybridized carbons (Fsp3) is 0.889. The van der Waals surface area contributed by atoms with Crippen LogP contribution in [0.2, 0.25) is 0 Å².